The summed E-state index contributed by atoms with van der Waals surface area (Å²) in [5.41, 5.74) is 3.35. The normalized spacial score (nSPS) is 12.8. The lowest BCUT2D eigenvalue weighted by Gasteiger charge is -2.22. The Morgan fingerprint density at radius 1 is 0.857 bits per heavy atom. The first-order chi connectivity index (χ1) is 20.3. The van der Waals surface area contributed by atoms with Gasteiger partial charge in [0.2, 0.25) is 0 Å². The van der Waals surface area contributed by atoms with Gasteiger partial charge in [0.05, 0.1) is 13.2 Å². The van der Waals surface area contributed by atoms with Crippen molar-refractivity contribution in [2.24, 2.45) is 0 Å². The van der Waals surface area contributed by atoms with E-state index in [1.54, 1.807) is 42.2 Å². The number of hydrogen-bond acceptors (Lipinski definition) is 6. The van der Waals surface area contributed by atoms with E-state index in [0.29, 0.717) is 60.0 Å². The number of nitrogens with zero attached hydrogens (tertiary/aromatic N) is 1. The molecule has 3 aromatic carbocycles. The highest BCUT2D eigenvalue weighted by atomic mass is 35.5. The molecule has 10 heteroatoms. The molecule has 0 aliphatic heterocycles. The average molecular weight is 617 g/mol. The lowest BCUT2D eigenvalue weighted by atomic mass is 10.1. The number of carbonyl (C=O) groups is 2. The summed E-state index contributed by atoms with van der Waals surface area (Å²) in [6.07, 6.45) is 2.60. The van der Waals surface area contributed by atoms with Gasteiger partial charge in [0.25, 0.3) is 0 Å². The second-order valence-electron chi connectivity index (χ2n) is 9.93. The van der Waals surface area contributed by atoms with Gasteiger partial charge in [-0.15, -0.1) is 0 Å². The molecule has 0 saturated carbocycles. The van der Waals surface area contributed by atoms with Crippen molar-refractivity contribution in [2.45, 2.75) is 45.1 Å². The lowest BCUT2D eigenvalue weighted by molar-refractivity contribution is -0.149. The number of ether oxygens (including phenoxy) is 4. The molecular weight excluding hydrogens is 581 g/mol. The Kier molecular flexibility index (Phi) is 11.7. The average Bonchev–Trinajstić information content (AvgIpc) is 3.42. The number of amides is 1. The highest BCUT2D eigenvalue weighted by Crippen LogP contribution is 2.27. The summed E-state index contributed by atoms with van der Waals surface area (Å²) in [6, 6.07) is 18.0. The van der Waals surface area contributed by atoms with Gasteiger partial charge in [0.1, 0.15) is 23.9 Å². The van der Waals surface area contributed by atoms with E-state index in [1.807, 2.05) is 30.3 Å². The van der Waals surface area contributed by atoms with Crippen molar-refractivity contribution in [3.63, 3.8) is 0 Å². The Bertz CT molecular complexity index is 1330. The highest BCUT2D eigenvalue weighted by Gasteiger charge is 2.19. The smallest absolute Gasteiger partial charge is 0.415 e. The predicted octanol–water partition coefficient (Wildman–Crippen LogP) is 6.86. The van der Waals surface area contributed by atoms with Gasteiger partial charge in [-0.3, -0.25) is 0 Å². The van der Waals surface area contributed by atoms with E-state index in [1.165, 1.54) is 11.1 Å². The van der Waals surface area contributed by atoms with E-state index >= 15 is 0 Å². The first-order valence-corrected chi connectivity index (χ1v) is 14.8. The molecule has 0 bridgehead atoms. The van der Waals surface area contributed by atoms with Crippen LogP contribution in [0.1, 0.15) is 36.5 Å². The zero-order valence-corrected chi connectivity index (χ0v) is 25.0. The van der Waals surface area contributed by atoms with Crippen LogP contribution >= 0.6 is 23.2 Å². The van der Waals surface area contributed by atoms with Crippen molar-refractivity contribution in [3.05, 3.63) is 87.4 Å². The fraction of sp³-hybridized carbons (Fsp3) is 0.375. The van der Waals surface area contributed by atoms with Gasteiger partial charge in [-0.25, -0.2) is 9.59 Å². The van der Waals surface area contributed by atoms with E-state index in [-0.39, 0.29) is 13.0 Å². The molecule has 0 radical (unpaired) electrons. The molecule has 3 aromatic rings. The number of carboxylic acid groups (broad SMARTS) is 1. The van der Waals surface area contributed by atoms with Gasteiger partial charge in [-0.05, 0) is 91.8 Å². The Morgan fingerprint density at radius 2 is 1.55 bits per heavy atom. The lowest BCUT2D eigenvalue weighted by Crippen LogP contribution is -2.38. The van der Waals surface area contributed by atoms with E-state index in [2.05, 4.69) is 0 Å². The van der Waals surface area contributed by atoms with Crippen LogP contribution < -0.4 is 14.2 Å². The van der Waals surface area contributed by atoms with Crippen LogP contribution in [0, 0.1) is 0 Å². The Morgan fingerprint density at radius 3 is 2.26 bits per heavy atom. The minimum atomic E-state index is -0.995. The maximum absolute atomic E-state index is 13.2. The van der Waals surface area contributed by atoms with E-state index in [0.717, 1.165) is 24.8 Å². The molecule has 0 saturated heterocycles. The summed E-state index contributed by atoms with van der Waals surface area (Å²) in [7, 11) is 0. The second kappa shape index (κ2) is 15.7. The van der Waals surface area contributed by atoms with Gasteiger partial charge in [-0.2, -0.15) is 0 Å². The summed E-state index contributed by atoms with van der Waals surface area (Å²) in [6.45, 7) is 3.35. The second-order valence-corrected chi connectivity index (χ2v) is 10.8. The number of aryl methyl sites for hydroxylation is 2. The predicted molar refractivity (Wildman–Crippen MR) is 161 cm³/mol. The summed E-state index contributed by atoms with van der Waals surface area (Å²) in [4.78, 5) is 26.1. The van der Waals surface area contributed by atoms with Gasteiger partial charge >= 0.3 is 12.1 Å². The third-order valence-corrected chi connectivity index (χ3v) is 7.26. The third-order valence-electron chi connectivity index (χ3n) is 6.83. The van der Waals surface area contributed by atoms with Crippen LogP contribution in [0.5, 0.6) is 17.2 Å². The zero-order chi connectivity index (χ0) is 29.9. The number of aliphatic carboxylic acids is 1. The van der Waals surface area contributed by atoms with Crippen molar-refractivity contribution in [3.8, 4) is 17.2 Å². The molecule has 8 nitrogen and oxygen atoms in total. The van der Waals surface area contributed by atoms with Gasteiger partial charge in [0.15, 0.2) is 6.10 Å². The third kappa shape index (κ3) is 9.54. The molecule has 1 atom stereocenters. The number of carboxylic acids is 1. The summed E-state index contributed by atoms with van der Waals surface area (Å²) >= 11 is 12.1. The van der Waals surface area contributed by atoms with Crippen molar-refractivity contribution >= 4 is 35.3 Å². The summed E-state index contributed by atoms with van der Waals surface area (Å²) in [5, 5.41) is 10.3. The highest BCUT2D eigenvalue weighted by molar-refractivity contribution is 6.34. The SMILES string of the molecule is CCOC(Cc1ccc(OCCN(CCCOc2cc(Cl)cc(Cl)c2)C(=O)Oc2ccc3c(c2)CCC3)cc1)C(=O)O. The van der Waals surface area contributed by atoms with Gasteiger partial charge < -0.3 is 29.0 Å². The molecule has 4 rings (SSSR count). The Labute approximate surface area is 256 Å². The maximum Gasteiger partial charge on any atom is 0.415 e. The number of benzene rings is 3. The van der Waals surface area contributed by atoms with E-state index in [4.69, 9.17) is 42.1 Å². The molecule has 1 unspecified atom stereocenters. The van der Waals surface area contributed by atoms with E-state index in [9.17, 15) is 14.7 Å². The quantitative estimate of drug-likeness (QED) is 0.187. The number of rotatable bonds is 15. The Hall–Kier alpha value is -3.46. The molecule has 224 valence electrons. The van der Waals surface area contributed by atoms with Crippen molar-refractivity contribution in [1.82, 2.24) is 4.90 Å². The number of hydrogen-bond donors (Lipinski definition) is 1. The number of carbonyl (C=O) groups excluding carboxylic acids is 1. The molecule has 0 aromatic heterocycles. The van der Waals surface area contributed by atoms with Crippen molar-refractivity contribution in [2.75, 3.05) is 32.9 Å². The van der Waals surface area contributed by atoms with E-state index < -0.39 is 18.2 Å². The summed E-state index contributed by atoms with van der Waals surface area (Å²) in [5.74, 6) is 0.696. The molecule has 1 aliphatic carbocycles. The van der Waals surface area contributed by atoms with Gasteiger partial charge in [-0.1, -0.05) is 41.4 Å². The van der Waals surface area contributed by atoms with Crippen LogP contribution in [0.25, 0.3) is 0 Å². The zero-order valence-electron chi connectivity index (χ0n) is 23.5. The molecular formula is C32H35Cl2NO7. The molecule has 1 amide bonds. The first-order valence-electron chi connectivity index (χ1n) is 14.0. The fourth-order valence-electron chi connectivity index (χ4n) is 4.76. The molecule has 42 heavy (non-hydrogen) atoms. The van der Waals surface area contributed by atoms with Crippen LogP contribution in [0.15, 0.2) is 60.7 Å². The van der Waals surface area contributed by atoms with Crippen LogP contribution in [0.4, 0.5) is 4.79 Å². The van der Waals surface area contributed by atoms with Gasteiger partial charge in [0, 0.05) is 29.6 Å². The fourth-order valence-corrected chi connectivity index (χ4v) is 5.26. The van der Waals surface area contributed by atoms with Crippen LogP contribution in [-0.4, -0.2) is 61.1 Å². The number of fused-ring (bicyclic) bond motifs is 1. The van der Waals surface area contributed by atoms with Crippen LogP contribution in [-0.2, 0) is 28.8 Å². The maximum atomic E-state index is 13.2. The summed E-state index contributed by atoms with van der Waals surface area (Å²) < 4.78 is 22.7. The minimum absolute atomic E-state index is 0.236. The molecule has 1 aliphatic rings. The molecule has 0 spiro atoms. The first kappa shape index (κ1) is 31.5. The minimum Gasteiger partial charge on any atom is -0.493 e. The molecule has 0 heterocycles. The largest absolute Gasteiger partial charge is 0.493 e. The van der Waals surface area contributed by atoms with Crippen molar-refractivity contribution < 1.29 is 33.6 Å². The monoisotopic (exact) mass is 615 g/mol. The Balaban J connectivity index is 1.32. The molecule has 0 fully saturated rings. The standard InChI is InChI=1S/C32H35Cl2NO7/c1-2-39-30(31(36)37)17-22-7-10-27(11-8-22)41-16-14-35(13-4-15-40-29-20-25(33)19-26(34)21-29)32(38)42-28-12-9-23-5-3-6-24(23)18-28/h7-12,18-21,30H,2-6,13-17H2,1H3,(H,36,37). The topological polar surface area (TPSA) is 94.5 Å². The van der Waals surface area contributed by atoms with Crippen LogP contribution in [0.2, 0.25) is 10.0 Å². The van der Waals surface area contributed by atoms with Crippen molar-refractivity contribution in [1.29, 1.82) is 0 Å². The molecule has 1 N–H and O–H groups in total. The number of halogens is 2. The van der Waals surface area contributed by atoms with Crippen LogP contribution in [0.3, 0.4) is 0 Å².